The lowest BCUT2D eigenvalue weighted by Crippen LogP contribution is -2.45. The number of carbonyl (C=O) groups is 1. The zero-order valence-electron chi connectivity index (χ0n) is 11.5. The molecule has 1 aromatic rings. The number of carboxylic acid groups (broad SMARTS) is 1. The lowest BCUT2D eigenvalue weighted by Gasteiger charge is -2.39. The first-order valence-electron chi connectivity index (χ1n) is 6.95. The molecule has 6 nitrogen and oxygen atoms in total. The molecule has 3 heterocycles. The maximum atomic E-state index is 10.8. The van der Waals surface area contributed by atoms with Crippen LogP contribution in [-0.4, -0.2) is 48.1 Å². The minimum absolute atomic E-state index is 0.0113. The Morgan fingerprint density at radius 3 is 2.50 bits per heavy atom. The van der Waals surface area contributed by atoms with Crippen molar-refractivity contribution in [1.82, 2.24) is 4.90 Å². The predicted molar refractivity (Wildman–Crippen MR) is 69.5 cm³/mol. The van der Waals surface area contributed by atoms with Crippen LogP contribution in [0.3, 0.4) is 0 Å². The van der Waals surface area contributed by atoms with Gasteiger partial charge in [-0.1, -0.05) is 0 Å². The van der Waals surface area contributed by atoms with Gasteiger partial charge in [0.2, 0.25) is 5.76 Å². The Balaban J connectivity index is 1.63. The van der Waals surface area contributed by atoms with Gasteiger partial charge in [-0.05, 0) is 19.1 Å². The van der Waals surface area contributed by atoms with Crippen molar-refractivity contribution in [3.05, 3.63) is 23.7 Å². The lowest BCUT2D eigenvalue weighted by atomic mass is 10.0. The molecule has 0 bridgehead atoms. The van der Waals surface area contributed by atoms with E-state index in [9.17, 15) is 4.79 Å². The molecule has 1 N–H and O–H groups in total. The van der Waals surface area contributed by atoms with Crippen LogP contribution >= 0.6 is 0 Å². The van der Waals surface area contributed by atoms with Gasteiger partial charge in [0, 0.05) is 25.9 Å². The van der Waals surface area contributed by atoms with Crippen molar-refractivity contribution in [3.8, 4) is 0 Å². The highest BCUT2D eigenvalue weighted by atomic mass is 16.7. The first-order chi connectivity index (χ1) is 9.60. The molecule has 3 rings (SSSR count). The molecule has 1 aromatic heterocycles. The molecule has 2 aliphatic rings. The summed E-state index contributed by atoms with van der Waals surface area (Å²) in [6, 6.07) is 3.30. The molecule has 20 heavy (non-hydrogen) atoms. The monoisotopic (exact) mass is 281 g/mol. The number of rotatable bonds is 3. The van der Waals surface area contributed by atoms with Gasteiger partial charge in [-0.3, -0.25) is 4.90 Å². The Hall–Kier alpha value is -1.37. The molecule has 2 saturated heterocycles. The highest BCUT2D eigenvalue weighted by Crippen LogP contribution is 2.34. The fourth-order valence-electron chi connectivity index (χ4n) is 2.91. The second-order valence-electron chi connectivity index (χ2n) is 5.33. The molecule has 0 saturated carbocycles. The van der Waals surface area contributed by atoms with Gasteiger partial charge in [0.25, 0.3) is 0 Å². The molecule has 0 aromatic carbocycles. The smallest absolute Gasteiger partial charge is 0.371 e. The Bertz CT molecular complexity index is 482. The van der Waals surface area contributed by atoms with E-state index in [2.05, 4.69) is 4.90 Å². The molecule has 110 valence electrons. The van der Waals surface area contributed by atoms with Crippen LogP contribution in [0.1, 0.15) is 42.1 Å². The molecule has 0 aliphatic carbocycles. The average molecular weight is 281 g/mol. The highest BCUT2D eigenvalue weighted by Gasteiger charge is 2.41. The van der Waals surface area contributed by atoms with Crippen LogP contribution in [0.4, 0.5) is 0 Å². The third-order valence-corrected chi connectivity index (χ3v) is 4.17. The van der Waals surface area contributed by atoms with E-state index in [1.54, 1.807) is 6.07 Å². The van der Waals surface area contributed by atoms with Crippen LogP contribution < -0.4 is 0 Å². The van der Waals surface area contributed by atoms with Crippen molar-refractivity contribution in [1.29, 1.82) is 0 Å². The summed E-state index contributed by atoms with van der Waals surface area (Å²) < 4.78 is 16.8. The van der Waals surface area contributed by atoms with Crippen molar-refractivity contribution in [2.45, 2.75) is 31.6 Å². The maximum absolute atomic E-state index is 10.8. The minimum Gasteiger partial charge on any atom is -0.475 e. The maximum Gasteiger partial charge on any atom is 0.371 e. The molecule has 1 unspecified atom stereocenters. The number of ether oxygens (including phenoxy) is 2. The molecule has 0 amide bonds. The summed E-state index contributed by atoms with van der Waals surface area (Å²) in [6.45, 7) is 5.08. The molecular formula is C14H19NO5. The third kappa shape index (κ3) is 2.46. The van der Waals surface area contributed by atoms with Crippen molar-refractivity contribution >= 4 is 5.97 Å². The fraction of sp³-hybridized carbons (Fsp3) is 0.643. The van der Waals surface area contributed by atoms with Crippen molar-refractivity contribution in [2.75, 3.05) is 26.3 Å². The van der Waals surface area contributed by atoms with Crippen LogP contribution in [0.25, 0.3) is 0 Å². The molecule has 6 heteroatoms. The Morgan fingerprint density at radius 2 is 1.95 bits per heavy atom. The van der Waals surface area contributed by atoms with Crippen molar-refractivity contribution in [2.24, 2.45) is 0 Å². The van der Waals surface area contributed by atoms with Gasteiger partial charge >= 0.3 is 5.97 Å². The van der Waals surface area contributed by atoms with Crippen LogP contribution in [0.5, 0.6) is 0 Å². The summed E-state index contributed by atoms with van der Waals surface area (Å²) in [5.41, 5.74) is 0. The largest absolute Gasteiger partial charge is 0.475 e. The normalized spacial score (nSPS) is 24.1. The van der Waals surface area contributed by atoms with Crippen LogP contribution in [0.15, 0.2) is 16.5 Å². The molecule has 1 atom stereocenters. The molecule has 2 fully saturated rings. The van der Waals surface area contributed by atoms with Gasteiger partial charge in [0.1, 0.15) is 5.76 Å². The Kier molecular flexibility index (Phi) is 3.54. The quantitative estimate of drug-likeness (QED) is 0.912. The number of carboxylic acids is 1. The average Bonchev–Trinajstić information content (AvgIpc) is 3.08. The topological polar surface area (TPSA) is 72.1 Å². The van der Waals surface area contributed by atoms with Gasteiger partial charge in [0.15, 0.2) is 5.79 Å². The van der Waals surface area contributed by atoms with Gasteiger partial charge < -0.3 is 19.0 Å². The van der Waals surface area contributed by atoms with E-state index in [1.165, 1.54) is 6.07 Å². The summed E-state index contributed by atoms with van der Waals surface area (Å²) in [5, 5.41) is 8.89. The summed E-state index contributed by atoms with van der Waals surface area (Å²) in [5.74, 6) is -0.741. The number of likely N-dealkylation sites (tertiary alicyclic amines) is 1. The fourth-order valence-corrected chi connectivity index (χ4v) is 2.91. The summed E-state index contributed by atoms with van der Waals surface area (Å²) in [4.78, 5) is 13.1. The molecule has 0 radical (unpaired) electrons. The third-order valence-electron chi connectivity index (χ3n) is 4.17. The van der Waals surface area contributed by atoms with E-state index in [0.717, 1.165) is 25.9 Å². The standard InChI is InChI=1S/C14H19NO5/c1-10(11-2-3-12(20-11)13(16)17)15-6-4-14(5-7-15)18-8-9-19-14/h2-3,10H,4-9H2,1H3,(H,16,17). The zero-order valence-corrected chi connectivity index (χ0v) is 11.5. The van der Waals surface area contributed by atoms with Gasteiger partial charge in [-0.25, -0.2) is 4.79 Å². The Labute approximate surface area is 117 Å². The van der Waals surface area contributed by atoms with Gasteiger partial charge in [-0.15, -0.1) is 0 Å². The van der Waals surface area contributed by atoms with Crippen LogP contribution in [0, 0.1) is 0 Å². The van der Waals surface area contributed by atoms with Crippen LogP contribution in [-0.2, 0) is 9.47 Å². The van der Waals surface area contributed by atoms with Crippen molar-refractivity contribution in [3.63, 3.8) is 0 Å². The number of nitrogens with zero attached hydrogens (tertiary/aromatic N) is 1. The Morgan fingerprint density at radius 1 is 1.30 bits per heavy atom. The van der Waals surface area contributed by atoms with Gasteiger partial charge in [0.05, 0.1) is 19.3 Å². The second kappa shape index (κ2) is 5.20. The number of piperidine rings is 1. The zero-order chi connectivity index (χ0) is 14.2. The number of aromatic carboxylic acids is 1. The van der Waals surface area contributed by atoms with Crippen molar-refractivity contribution < 1.29 is 23.8 Å². The predicted octanol–water partition coefficient (Wildman–Crippen LogP) is 1.88. The summed E-state index contributed by atoms with van der Waals surface area (Å²) in [7, 11) is 0. The van der Waals surface area contributed by atoms with Gasteiger partial charge in [-0.2, -0.15) is 0 Å². The van der Waals surface area contributed by atoms with E-state index >= 15 is 0 Å². The van der Waals surface area contributed by atoms with Crippen LogP contribution in [0.2, 0.25) is 0 Å². The molecule has 2 aliphatic heterocycles. The van der Waals surface area contributed by atoms with E-state index < -0.39 is 5.97 Å². The first-order valence-corrected chi connectivity index (χ1v) is 6.95. The molecule has 1 spiro atoms. The molecular weight excluding hydrogens is 262 g/mol. The van der Waals surface area contributed by atoms with E-state index in [1.807, 2.05) is 6.92 Å². The first kappa shape index (κ1) is 13.6. The van der Waals surface area contributed by atoms with E-state index in [-0.39, 0.29) is 17.6 Å². The number of hydrogen-bond acceptors (Lipinski definition) is 5. The number of hydrogen-bond donors (Lipinski definition) is 1. The summed E-state index contributed by atoms with van der Waals surface area (Å²) >= 11 is 0. The minimum atomic E-state index is -1.03. The van der Waals surface area contributed by atoms with E-state index in [0.29, 0.717) is 19.0 Å². The summed E-state index contributed by atoms with van der Waals surface area (Å²) in [6.07, 6.45) is 1.67. The lowest BCUT2D eigenvalue weighted by molar-refractivity contribution is -0.188. The second-order valence-corrected chi connectivity index (χ2v) is 5.33. The SMILES string of the molecule is CC(c1ccc(C(=O)O)o1)N1CCC2(CC1)OCCO2. The number of furan rings is 1. The van der Waals surface area contributed by atoms with E-state index in [4.69, 9.17) is 19.0 Å². The highest BCUT2D eigenvalue weighted by molar-refractivity contribution is 5.84.